The zero-order valence-corrected chi connectivity index (χ0v) is 16.9. The molecule has 152 valence electrons. The van der Waals surface area contributed by atoms with E-state index in [0.717, 1.165) is 18.4 Å². The van der Waals surface area contributed by atoms with Crippen LogP contribution in [0.4, 0.5) is 0 Å². The fourth-order valence-electron chi connectivity index (χ4n) is 3.05. The lowest BCUT2D eigenvalue weighted by atomic mass is 10.1. The molecule has 0 aliphatic heterocycles. The molecule has 0 heterocycles. The lowest BCUT2D eigenvalue weighted by Crippen LogP contribution is -2.05. The largest absolute Gasteiger partial charge is 0.494 e. The van der Waals surface area contributed by atoms with Crippen molar-refractivity contribution < 1.29 is 19.4 Å². The summed E-state index contributed by atoms with van der Waals surface area (Å²) in [6.07, 6.45) is 9.93. The molecule has 0 aromatic heterocycles. The van der Waals surface area contributed by atoms with E-state index in [-0.39, 0.29) is 5.56 Å². The Bertz CT molecular complexity index is 697. The molecule has 2 rings (SSSR count). The van der Waals surface area contributed by atoms with Gasteiger partial charge >= 0.3 is 5.97 Å². The molecule has 0 atom stereocenters. The minimum Gasteiger partial charge on any atom is -0.494 e. The van der Waals surface area contributed by atoms with Crippen LogP contribution in [-0.4, -0.2) is 17.7 Å². The monoisotopic (exact) mass is 384 g/mol. The first kappa shape index (κ1) is 21.8. The van der Waals surface area contributed by atoms with Crippen LogP contribution >= 0.6 is 0 Å². The van der Waals surface area contributed by atoms with Gasteiger partial charge in [-0.2, -0.15) is 0 Å². The summed E-state index contributed by atoms with van der Waals surface area (Å²) in [7, 11) is 0. The van der Waals surface area contributed by atoms with Crippen molar-refractivity contribution in [1.29, 1.82) is 0 Å². The van der Waals surface area contributed by atoms with Gasteiger partial charge < -0.3 is 14.6 Å². The average molecular weight is 385 g/mol. The number of unbranched alkanes of at least 4 members (excludes halogenated alkanes) is 7. The Labute approximate surface area is 168 Å². The summed E-state index contributed by atoms with van der Waals surface area (Å²) < 4.78 is 11.4. The predicted octanol–water partition coefficient (Wildman–Crippen LogP) is 6.48. The van der Waals surface area contributed by atoms with Crippen LogP contribution < -0.4 is 9.47 Å². The molecule has 0 radical (unpaired) electrons. The third-order valence-corrected chi connectivity index (χ3v) is 4.69. The number of rotatable bonds is 14. The van der Waals surface area contributed by atoms with Crippen LogP contribution in [-0.2, 0) is 6.61 Å². The molecule has 0 saturated heterocycles. The third kappa shape index (κ3) is 8.03. The fourth-order valence-corrected chi connectivity index (χ4v) is 3.05. The number of hydrogen-bond donors (Lipinski definition) is 1. The van der Waals surface area contributed by atoms with Crippen molar-refractivity contribution >= 4 is 5.97 Å². The molecular weight excluding hydrogens is 352 g/mol. The molecule has 2 aromatic carbocycles. The van der Waals surface area contributed by atoms with Gasteiger partial charge in [0.25, 0.3) is 0 Å². The molecule has 0 bridgehead atoms. The van der Waals surface area contributed by atoms with E-state index in [2.05, 4.69) is 6.92 Å². The summed E-state index contributed by atoms with van der Waals surface area (Å²) in [5.41, 5.74) is 1.12. The first-order chi connectivity index (χ1) is 13.7. The molecule has 0 aliphatic carbocycles. The Balaban J connectivity index is 1.76. The van der Waals surface area contributed by atoms with Gasteiger partial charge in [0.1, 0.15) is 23.7 Å². The Kier molecular flexibility index (Phi) is 9.98. The Morgan fingerprint density at radius 2 is 1.54 bits per heavy atom. The lowest BCUT2D eigenvalue weighted by molar-refractivity contribution is 0.0691. The van der Waals surface area contributed by atoms with Gasteiger partial charge in [-0.05, 0) is 30.2 Å². The number of carboxylic acid groups (broad SMARTS) is 1. The number of carboxylic acids is 1. The van der Waals surface area contributed by atoms with Gasteiger partial charge in [0.2, 0.25) is 0 Å². The third-order valence-electron chi connectivity index (χ3n) is 4.69. The zero-order chi connectivity index (χ0) is 20.0. The highest BCUT2D eigenvalue weighted by Crippen LogP contribution is 2.25. The first-order valence-electron chi connectivity index (χ1n) is 10.4. The first-order valence-corrected chi connectivity index (χ1v) is 10.4. The van der Waals surface area contributed by atoms with E-state index in [0.29, 0.717) is 24.7 Å². The van der Waals surface area contributed by atoms with Gasteiger partial charge in [0, 0.05) is 0 Å². The highest BCUT2D eigenvalue weighted by molar-refractivity contribution is 5.91. The van der Waals surface area contributed by atoms with Crippen LogP contribution in [0.2, 0.25) is 0 Å². The molecule has 1 N–H and O–H groups in total. The minimum atomic E-state index is -1.01. The van der Waals surface area contributed by atoms with Crippen molar-refractivity contribution in [2.45, 2.75) is 64.9 Å². The minimum absolute atomic E-state index is 0.129. The van der Waals surface area contributed by atoms with Gasteiger partial charge in [0.05, 0.1) is 6.61 Å². The van der Waals surface area contributed by atoms with Crippen LogP contribution in [0.3, 0.4) is 0 Å². The van der Waals surface area contributed by atoms with E-state index in [1.807, 2.05) is 30.3 Å². The molecule has 0 spiro atoms. The molecule has 4 nitrogen and oxygen atoms in total. The number of benzene rings is 2. The quantitative estimate of drug-likeness (QED) is 0.379. The van der Waals surface area contributed by atoms with Crippen LogP contribution in [0.25, 0.3) is 0 Å². The highest BCUT2D eigenvalue weighted by Gasteiger charge is 2.13. The van der Waals surface area contributed by atoms with E-state index >= 15 is 0 Å². The van der Waals surface area contributed by atoms with E-state index in [1.54, 1.807) is 18.2 Å². The van der Waals surface area contributed by atoms with E-state index in [4.69, 9.17) is 9.47 Å². The van der Waals surface area contributed by atoms with Gasteiger partial charge in [-0.15, -0.1) is 0 Å². The number of hydrogen-bond acceptors (Lipinski definition) is 3. The van der Waals surface area contributed by atoms with Crippen LogP contribution in [0.1, 0.15) is 74.2 Å². The molecule has 28 heavy (non-hydrogen) atoms. The maximum absolute atomic E-state index is 11.6. The van der Waals surface area contributed by atoms with E-state index < -0.39 is 5.97 Å². The van der Waals surface area contributed by atoms with Crippen molar-refractivity contribution in [3.8, 4) is 11.5 Å². The number of carbonyl (C=O) groups is 1. The van der Waals surface area contributed by atoms with E-state index in [9.17, 15) is 9.90 Å². The lowest BCUT2D eigenvalue weighted by Gasteiger charge is -2.12. The van der Waals surface area contributed by atoms with Crippen LogP contribution in [0.5, 0.6) is 11.5 Å². The highest BCUT2D eigenvalue weighted by atomic mass is 16.5. The summed E-state index contributed by atoms with van der Waals surface area (Å²) in [4.78, 5) is 11.6. The standard InChI is InChI=1S/C24H32O4/c1-2-3-4-5-6-7-8-12-17-27-21-15-16-23(22(18-21)24(25)26)28-19-20-13-10-9-11-14-20/h9-11,13-16,18H,2-8,12,17,19H2,1H3,(H,25,26). The summed E-state index contributed by atoms with van der Waals surface area (Å²) in [5, 5.41) is 9.48. The fraction of sp³-hybridized carbons (Fsp3) is 0.458. The molecule has 0 aliphatic rings. The topological polar surface area (TPSA) is 55.8 Å². The number of ether oxygens (including phenoxy) is 2. The second kappa shape index (κ2) is 12.8. The van der Waals surface area contributed by atoms with Gasteiger partial charge in [-0.1, -0.05) is 82.2 Å². The Hall–Kier alpha value is -2.49. The summed E-state index contributed by atoms with van der Waals surface area (Å²) >= 11 is 0. The van der Waals surface area contributed by atoms with E-state index in [1.165, 1.54) is 38.5 Å². The van der Waals surface area contributed by atoms with Crippen molar-refractivity contribution in [2.75, 3.05) is 6.61 Å². The molecule has 4 heteroatoms. The predicted molar refractivity (Wildman–Crippen MR) is 112 cm³/mol. The molecule has 0 saturated carbocycles. The molecule has 0 amide bonds. The second-order valence-electron chi connectivity index (χ2n) is 7.06. The van der Waals surface area contributed by atoms with Gasteiger partial charge in [-0.25, -0.2) is 4.79 Å². The van der Waals surface area contributed by atoms with Crippen molar-refractivity contribution in [3.05, 3.63) is 59.7 Å². The van der Waals surface area contributed by atoms with Crippen LogP contribution in [0.15, 0.2) is 48.5 Å². The molecule has 2 aromatic rings. The van der Waals surface area contributed by atoms with Crippen molar-refractivity contribution in [3.63, 3.8) is 0 Å². The Morgan fingerprint density at radius 1 is 0.857 bits per heavy atom. The maximum Gasteiger partial charge on any atom is 0.339 e. The average Bonchev–Trinajstić information content (AvgIpc) is 2.72. The van der Waals surface area contributed by atoms with Crippen LogP contribution in [0, 0.1) is 0 Å². The SMILES string of the molecule is CCCCCCCCCCOc1ccc(OCc2ccccc2)c(C(=O)O)c1. The normalized spacial score (nSPS) is 10.6. The summed E-state index contributed by atoms with van der Waals surface area (Å²) in [6.45, 7) is 3.17. The molecule has 0 unspecified atom stereocenters. The Morgan fingerprint density at radius 3 is 2.21 bits per heavy atom. The zero-order valence-electron chi connectivity index (χ0n) is 16.9. The van der Waals surface area contributed by atoms with Crippen molar-refractivity contribution in [2.24, 2.45) is 0 Å². The molecular formula is C24H32O4. The summed E-state index contributed by atoms with van der Waals surface area (Å²) in [6, 6.07) is 14.7. The number of aromatic carboxylic acids is 1. The maximum atomic E-state index is 11.6. The second-order valence-corrected chi connectivity index (χ2v) is 7.06. The smallest absolute Gasteiger partial charge is 0.339 e. The van der Waals surface area contributed by atoms with Gasteiger partial charge in [0.15, 0.2) is 0 Å². The molecule has 0 fully saturated rings. The van der Waals surface area contributed by atoms with Gasteiger partial charge in [-0.3, -0.25) is 0 Å². The van der Waals surface area contributed by atoms with Crippen molar-refractivity contribution in [1.82, 2.24) is 0 Å². The summed E-state index contributed by atoms with van der Waals surface area (Å²) in [5.74, 6) is -0.0798.